The van der Waals surface area contributed by atoms with Crippen LogP contribution in [0.1, 0.15) is 21.5 Å². The predicted octanol–water partition coefficient (Wildman–Crippen LogP) is 4.28. The third kappa shape index (κ3) is 4.67. The van der Waals surface area contributed by atoms with Crippen molar-refractivity contribution < 1.29 is 24.9 Å². The van der Waals surface area contributed by atoms with Gasteiger partial charge in [0, 0.05) is 17.7 Å². The largest absolute Gasteiger partial charge is 0.508 e. The Labute approximate surface area is 156 Å². The van der Waals surface area contributed by atoms with E-state index in [4.69, 9.17) is 4.74 Å². The molecule has 0 aliphatic carbocycles. The molecule has 0 unspecified atom stereocenters. The highest BCUT2D eigenvalue weighted by molar-refractivity contribution is 6.08. The predicted molar refractivity (Wildman–Crippen MR) is 102 cm³/mol. The summed E-state index contributed by atoms with van der Waals surface area (Å²) in [4.78, 5) is 12.3. The zero-order valence-corrected chi connectivity index (χ0v) is 14.4. The molecule has 0 aromatic heterocycles. The molecule has 0 bridgehead atoms. The summed E-state index contributed by atoms with van der Waals surface area (Å²) in [6, 6.07) is 18.0. The maximum Gasteiger partial charge on any atom is 0.189 e. The second-order valence-electron chi connectivity index (χ2n) is 5.90. The molecule has 0 atom stereocenters. The van der Waals surface area contributed by atoms with Gasteiger partial charge in [0.1, 0.15) is 29.6 Å². The van der Waals surface area contributed by atoms with E-state index < -0.39 is 5.78 Å². The summed E-state index contributed by atoms with van der Waals surface area (Å²) in [5.41, 5.74) is 1.66. The van der Waals surface area contributed by atoms with Crippen LogP contribution in [0.15, 0.2) is 72.8 Å². The zero-order valence-electron chi connectivity index (χ0n) is 14.4. The van der Waals surface area contributed by atoms with Crippen LogP contribution in [0.25, 0.3) is 6.08 Å². The molecule has 0 fully saturated rings. The minimum atomic E-state index is -0.422. The van der Waals surface area contributed by atoms with E-state index in [0.717, 1.165) is 11.6 Å². The second kappa shape index (κ2) is 8.10. The fourth-order valence-corrected chi connectivity index (χ4v) is 2.50. The van der Waals surface area contributed by atoms with E-state index in [1.165, 1.54) is 30.3 Å². The first-order chi connectivity index (χ1) is 13.0. The van der Waals surface area contributed by atoms with Crippen molar-refractivity contribution in [1.82, 2.24) is 0 Å². The van der Waals surface area contributed by atoms with E-state index in [9.17, 15) is 20.1 Å². The lowest BCUT2D eigenvalue weighted by Crippen LogP contribution is -1.97. The van der Waals surface area contributed by atoms with Gasteiger partial charge in [0.2, 0.25) is 0 Å². The number of ketones is 1. The van der Waals surface area contributed by atoms with Crippen molar-refractivity contribution >= 4 is 11.9 Å². The molecule has 27 heavy (non-hydrogen) atoms. The molecule has 0 spiro atoms. The standard InChI is InChI=1S/C22H18O5/c23-17-9-10-19(21(26)12-17)20(25)11-7-16-6-8-18(24)13-22(16)27-14-15-4-2-1-3-5-15/h1-13,23-24,26H,14H2. The highest BCUT2D eigenvalue weighted by Crippen LogP contribution is 2.27. The molecule has 3 rings (SSSR count). The van der Waals surface area contributed by atoms with Crippen molar-refractivity contribution in [1.29, 1.82) is 0 Å². The number of aromatic hydroxyl groups is 3. The number of carbonyl (C=O) groups excluding carboxylic acids is 1. The van der Waals surface area contributed by atoms with Gasteiger partial charge >= 0.3 is 0 Å². The van der Waals surface area contributed by atoms with Crippen LogP contribution in [0.4, 0.5) is 0 Å². The molecule has 3 N–H and O–H groups in total. The van der Waals surface area contributed by atoms with Gasteiger partial charge < -0.3 is 20.1 Å². The number of phenolic OH excluding ortho intramolecular Hbond substituents is 3. The number of allylic oxidation sites excluding steroid dienone is 1. The lowest BCUT2D eigenvalue weighted by molar-refractivity contribution is 0.104. The quantitative estimate of drug-likeness (QED) is 0.450. The van der Waals surface area contributed by atoms with Crippen molar-refractivity contribution in [3.63, 3.8) is 0 Å². The number of rotatable bonds is 6. The maximum absolute atomic E-state index is 12.3. The minimum absolute atomic E-state index is 0.0534. The number of benzene rings is 3. The number of hydrogen-bond donors (Lipinski definition) is 3. The average molecular weight is 362 g/mol. The topological polar surface area (TPSA) is 87.0 Å². The number of hydrogen-bond acceptors (Lipinski definition) is 5. The van der Waals surface area contributed by atoms with Gasteiger partial charge in [-0.15, -0.1) is 0 Å². The van der Waals surface area contributed by atoms with Crippen LogP contribution >= 0.6 is 0 Å². The summed E-state index contributed by atoms with van der Waals surface area (Å²) in [5.74, 6) is -0.357. The fraction of sp³-hybridized carbons (Fsp3) is 0.0455. The Balaban J connectivity index is 1.79. The van der Waals surface area contributed by atoms with Crippen molar-refractivity contribution in [2.45, 2.75) is 6.61 Å². The molecular formula is C22H18O5. The van der Waals surface area contributed by atoms with E-state index in [-0.39, 0.29) is 22.8 Å². The van der Waals surface area contributed by atoms with Gasteiger partial charge in [0.15, 0.2) is 5.78 Å². The summed E-state index contributed by atoms with van der Waals surface area (Å²) >= 11 is 0. The molecule has 0 aliphatic heterocycles. The second-order valence-corrected chi connectivity index (χ2v) is 5.90. The molecule has 0 aliphatic rings. The highest BCUT2D eigenvalue weighted by Gasteiger charge is 2.10. The normalized spacial score (nSPS) is 10.8. The van der Waals surface area contributed by atoms with E-state index >= 15 is 0 Å². The Morgan fingerprint density at radius 1 is 0.889 bits per heavy atom. The van der Waals surface area contributed by atoms with Crippen LogP contribution in [0, 0.1) is 0 Å². The molecule has 0 saturated carbocycles. The fourth-order valence-electron chi connectivity index (χ4n) is 2.50. The Hall–Kier alpha value is -3.73. The lowest BCUT2D eigenvalue weighted by Gasteiger charge is -2.10. The van der Waals surface area contributed by atoms with E-state index in [2.05, 4.69) is 0 Å². The van der Waals surface area contributed by atoms with Gasteiger partial charge in [-0.3, -0.25) is 4.79 Å². The van der Waals surface area contributed by atoms with Crippen LogP contribution in [-0.2, 0) is 6.61 Å². The van der Waals surface area contributed by atoms with Gasteiger partial charge in [0.05, 0.1) is 5.56 Å². The van der Waals surface area contributed by atoms with Crippen LogP contribution < -0.4 is 4.74 Å². The first-order valence-electron chi connectivity index (χ1n) is 8.27. The van der Waals surface area contributed by atoms with E-state index in [0.29, 0.717) is 17.9 Å². The molecule has 0 saturated heterocycles. The maximum atomic E-state index is 12.3. The van der Waals surface area contributed by atoms with Gasteiger partial charge in [-0.25, -0.2) is 0 Å². The van der Waals surface area contributed by atoms with Crippen molar-refractivity contribution in [3.8, 4) is 23.0 Å². The summed E-state index contributed by atoms with van der Waals surface area (Å²) < 4.78 is 5.78. The molecule has 0 radical (unpaired) electrons. The molecule has 0 heterocycles. The molecule has 3 aromatic carbocycles. The summed E-state index contributed by atoms with van der Waals surface area (Å²) in [6.45, 7) is 0.317. The average Bonchev–Trinajstić information content (AvgIpc) is 2.66. The zero-order chi connectivity index (χ0) is 19.2. The Morgan fingerprint density at radius 2 is 1.59 bits per heavy atom. The number of phenols is 3. The van der Waals surface area contributed by atoms with Gasteiger partial charge in [-0.2, -0.15) is 0 Å². The van der Waals surface area contributed by atoms with Crippen molar-refractivity contribution in [3.05, 3.63) is 89.5 Å². The Bertz CT molecular complexity index is 977. The first kappa shape index (κ1) is 18.1. The van der Waals surface area contributed by atoms with Crippen molar-refractivity contribution in [2.24, 2.45) is 0 Å². The molecule has 3 aromatic rings. The number of ether oxygens (including phenoxy) is 1. The molecule has 5 heteroatoms. The third-order valence-electron chi connectivity index (χ3n) is 3.90. The summed E-state index contributed by atoms with van der Waals surface area (Å²) in [7, 11) is 0. The van der Waals surface area contributed by atoms with Crippen molar-refractivity contribution in [2.75, 3.05) is 0 Å². The van der Waals surface area contributed by atoms with Crippen LogP contribution in [0.2, 0.25) is 0 Å². The first-order valence-corrected chi connectivity index (χ1v) is 8.27. The monoisotopic (exact) mass is 362 g/mol. The van der Waals surface area contributed by atoms with Crippen LogP contribution in [-0.4, -0.2) is 21.1 Å². The highest BCUT2D eigenvalue weighted by atomic mass is 16.5. The van der Waals surface area contributed by atoms with Gasteiger partial charge in [-0.1, -0.05) is 30.3 Å². The van der Waals surface area contributed by atoms with E-state index in [1.54, 1.807) is 12.1 Å². The summed E-state index contributed by atoms with van der Waals surface area (Å²) in [6.07, 6.45) is 2.85. The molecule has 0 amide bonds. The molecular weight excluding hydrogens is 344 g/mol. The SMILES string of the molecule is O=C(C=Cc1ccc(O)cc1OCc1ccccc1)c1ccc(O)cc1O. The Kier molecular flexibility index (Phi) is 5.42. The van der Waals surface area contributed by atoms with Crippen LogP contribution in [0.3, 0.4) is 0 Å². The minimum Gasteiger partial charge on any atom is -0.508 e. The smallest absolute Gasteiger partial charge is 0.189 e. The third-order valence-corrected chi connectivity index (χ3v) is 3.90. The van der Waals surface area contributed by atoms with Crippen LogP contribution in [0.5, 0.6) is 23.0 Å². The number of carbonyl (C=O) groups is 1. The Morgan fingerprint density at radius 3 is 2.33 bits per heavy atom. The molecule has 5 nitrogen and oxygen atoms in total. The van der Waals surface area contributed by atoms with E-state index in [1.807, 2.05) is 30.3 Å². The van der Waals surface area contributed by atoms with Gasteiger partial charge in [0.25, 0.3) is 0 Å². The molecule has 136 valence electrons. The van der Waals surface area contributed by atoms with Gasteiger partial charge in [-0.05, 0) is 42.0 Å². The lowest BCUT2D eigenvalue weighted by atomic mass is 10.1. The summed E-state index contributed by atoms with van der Waals surface area (Å²) in [5, 5.41) is 28.8.